The predicted molar refractivity (Wildman–Crippen MR) is 122 cm³/mol. The highest BCUT2D eigenvalue weighted by atomic mass is 32.2. The third-order valence-electron chi connectivity index (χ3n) is 4.75. The van der Waals surface area contributed by atoms with Crippen LogP contribution in [0.1, 0.15) is 5.56 Å². The number of hydrogen-bond donors (Lipinski definition) is 1. The summed E-state index contributed by atoms with van der Waals surface area (Å²) in [4.78, 5) is 22.6. The van der Waals surface area contributed by atoms with Gasteiger partial charge in [0.05, 0.1) is 21.2 Å². The average molecular weight is 463 g/mol. The topological polar surface area (TPSA) is 124 Å². The number of nitro benzene ring substituents is 1. The molecular weight excluding hydrogens is 446 g/mol. The number of aromatic nitrogens is 2. The number of rotatable bonds is 6. The molecule has 10 heteroatoms. The molecule has 0 aliphatic heterocycles. The Morgan fingerprint density at radius 2 is 1.61 bits per heavy atom. The van der Waals surface area contributed by atoms with E-state index in [9.17, 15) is 23.3 Å². The van der Waals surface area contributed by atoms with Crippen LogP contribution in [0.15, 0.2) is 88.6 Å². The molecule has 4 rings (SSSR count). The summed E-state index contributed by atoms with van der Waals surface area (Å²) >= 11 is 0. The number of nitrogens with one attached hydrogen (secondary N) is 1. The summed E-state index contributed by atoms with van der Waals surface area (Å²) in [5, 5.41) is 14.8. The van der Waals surface area contributed by atoms with Crippen LogP contribution in [-0.2, 0) is 10.1 Å². The lowest BCUT2D eigenvalue weighted by molar-refractivity contribution is -0.387. The number of benzene rings is 3. The molecule has 0 fully saturated rings. The van der Waals surface area contributed by atoms with Crippen molar-refractivity contribution in [1.82, 2.24) is 9.78 Å². The summed E-state index contributed by atoms with van der Waals surface area (Å²) in [5.41, 5.74) is 0.403. The molecule has 1 N–H and O–H groups in total. The number of H-pyrrole nitrogens is 1. The lowest BCUT2D eigenvalue weighted by Crippen LogP contribution is -2.33. The summed E-state index contributed by atoms with van der Waals surface area (Å²) in [5.74, 6) is -0.0316. The molecule has 0 amide bonds. The van der Waals surface area contributed by atoms with Gasteiger partial charge >= 0.3 is 10.1 Å². The molecule has 4 aromatic rings. The molecule has 0 spiro atoms. The molecular formula is C23H17N3O6S. The van der Waals surface area contributed by atoms with Gasteiger partial charge in [0, 0.05) is 6.07 Å². The fourth-order valence-corrected chi connectivity index (χ4v) is 4.28. The molecule has 0 aliphatic carbocycles. The van der Waals surface area contributed by atoms with Crippen molar-refractivity contribution in [3.63, 3.8) is 0 Å². The number of nitro groups is 1. The van der Waals surface area contributed by atoms with E-state index in [-0.39, 0.29) is 11.3 Å². The van der Waals surface area contributed by atoms with Crippen molar-refractivity contribution in [1.29, 1.82) is 0 Å². The van der Waals surface area contributed by atoms with E-state index in [1.54, 1.807) is 30.3 Å². The minimum atomic E-state index is -4.42. The highest BCUT2D eigenvalue weighted by Gasteiger charge is 2.27. The van der Waals surface area contributed by atoms with Gasteiger partial charge in [-0.3, -0.25) is 20.0 Å². The van der Waals surface area contributed by atoms with Gasteiger partial charge in [-0.1, -0.05) is 49.0 Å². The lowest BCUT2D eigenvalue weighted by atomic mass is 10.2. The molecule has 0 unspecified atom stereocenters. The first kappa shape index (κ1) is 21.8. The van der Waals surface area contributed by atoms with E-state index in [2.05, 4.69) is 11.7 Å². The number of nitrogens with zero attached hydrogens (tertiary/aromatic N) is 2. The number of para-hydroxylation sites is 2. The summed E-state index contributed by atoms with van der Waals surface area (Å²) in [6.07, 6.45) is 1.61. The zero-order valence-corrected chi connectivity index (χ0v) is 17.9. The van der Waals surface area contributed by atoms with Crippen LogP contribution in [0.2, 0.25) is 0 Å². The Hall–Kier alpha value is -4.44. The second kappa shape index (κ2) is 8.60. The van der Waals surface area contributed by atoms with Crippen LogP contribution in [0.5, 0.6) is 5.75 Å². The van der Waals surface area contributed by atoms with Crippen molar-refractivity contribution < 1.29 is 17.5 Å². The van der Waals surface area contributed by atoms with E-state index >= 15 is 0 Å². The van der Waals surface area contributed by atoms with Crippen molar-refractivity contribution in [2.24, 2.45) is 0 Å². The molecule has 9 nitrogen and oxygen atoms in total. The normalized spacial score (nSPS) is 11.9. The Morgan fingerprint density at radius 1 is 0.970 bits per heavy atom. The Morgan fingerprint density at radius 3 is 2.27 bits per heavy atom. The minimum Gasteiger partial charge on any atom is -0.379 e. The molecule has 0 saturated carbocycles. The van der Waals surface area contributed by atoms with Crippen LogP contribution in [-0.4, -0.2) is 23.1 Å². The van der Waals surface area contributed by atoms with E-state index in [4.69, 9.17) is 4.18 Å². The number of aromatic amines is 1. The average Bonchev–Trinajstić information content (AvgIpc) is 3.09. The molecule has 1 aromatic heterocycles. The molecule has 0 radical (unpaired) electrons. The maximum Gasteiger partial charge on any atom is 0.346 e. The first-order valence-corrected chi connectivity index (χ1v) is 11.0. The van der Waals surface area contributed by atoms with Crippen LogP contribution in [0.3, 0.4) is 0 Å². The van der Waals surface area contributed by atoms with Gasteiger partial charge in [0.15, 0.2) is 4.90 Å². The van der Waals surface area contributed by atoms with Gasteiger partial charge < -0.3 is 4.18 Å². The van der Waals surface area contributed by atoms with Crippen LogP contribution in [0.25, 0.3) is 18.3 Å². The molecule has 0 atom stereocenters. The van der Waals surface area contributed by atoms with E-state index in [0.29, 0.717) is 21.8 Å². The SMILES string of the molecule is C=c1[nH]n(-c2ccccc2)c(=O)/c1=C\c1ccc(OS(=O)(=O)c2ccccc2[N+](=O)[O-])cc1. The highest BCUT2D eigenvalue weighted by Crippen LogP contribution is 2.26. The first-order valence-electron chi connectivity index (χ1n) is 9.61. The third kappa shape index (κ3) is 4.46. The standard InChI is InChI=1S/C23H17N3O6S/c1-16-20(23(27)25(24-16)18-7-3-2-4-8-18)15-17-11-13-19(14-12-17)32-33(30,31)22-10-6-5-9-21(22)26(28)29/h2-15,24H,1H2/b20-15-. The first-order chi connectivity index (χ1) is 15.8. The van der Waals surface area contributed by atoms with Crippen LogP contribution < -0.4 is 20.3 Å². The van der Waals surface area contributed by atoms with Crippen LogP contribution >= 0.6 is 0 Å². The van der Waals surface area contributed by atoms with E-state index in [1.165, 1.54) is 28.9 Å². The smallest absolute Gasteiger partial charge is 0.346 e. The summed E-state index contributed by atoms with van der Waals surface area (Å²) in [7, 11) is -4.42. The molecule has 0 aliphatic rings. The van der Waals surface area contributed by atoms with Gasteiger partial charge in [0.2, 0.25) is 0 Å². The van der Waals surface area contributed by atoms with Gasteiger partial charge in [0.25, 0.3) is 11.2 Å². The van der Waals surface area contributed by atoms with Crippen molar-refractivity contribution >= 4 is 28.5 Å². The van der Waals surface area contributed by atoms with Crippen LogP contribution in [0, 0.1) is 10.1 Å². The minimum absolute atomic E-state index is 0.0316. The third-order valence-corrected chi connectivity index (χ3v) is 6.04. The van der Waals surface area contributed by atoms with Gasteiger partial charge in [-0.25, -0.2) is 4.68 Å². The summed E-state index contributed by atoms with van der Waals surface area (Å²) < 4.78 is 31.5. The van der Waals surface area contributed by atoms with Gasteiger partial charge in [0.1, 0.15) is 5.75 Å². The molecule has 3 aromatic carbocycles. The summed E-state index contributed by atoms with van der Waals surface area (Å²) in [6, 6.07) is 19.9. The fourth-order valence-electron chi connectivity index (χ4n) is 3.18. The van der Waals surface area contributed by atoms with Crippen molar-refractivity contribution in [2.75, 3.05) is 0 Å². The maximum atomic E-state index is 12.8. The quantitative estimate of drug-likeness (QED) is 0.265. The zero-order chi connectivity index (χ0) is 23.6. The maximum absolute atomic E-state index is 12.8. The van der Waals surface area contributed by atoms with E-state index in [1.807, 2.05) is 18.2 Å². The molecule has 1 heterocycles. The lowest BCUT2D eigenvalue weighted by Gasteiger charge is -2.07. The molecule has 0 saturated heterocycles. The Kier molecular flexibility index (Phi) is 5.67. The monoisotopic (exact) mass is 463 g/mol. The van der Waals surface area contributed by atoms with E-state index in [0.717, 1.165) is 12.1 Å². The summed E-state index contributed by atoms with van der Waals surface area (Å²) in [6.45, 7) is 3.88. The Labute approximate surface area is 187 Å². The van der Waals surface area contributed by atoms with E-state index < -0.39 is 25.6 Å². The Balaban J connectivity index is 1.64. The van der Waals surface area contributed by atoms with Crippen molar-refractivity contribution in [2.45, 2.75) is 4.90 Å². The van der Waals surface area contributed by atoms with Crippen molar-refractivity contribution in [3.8, 4) is 11.4 Å². The van der Waals surface area contributed by atoms with Gasteiger partial charge in [-0.05, 0) is 42.0 Å². The fraction of sp³-hybridized carbons (Fsp3) is 0. The molecule has 33 heavy (non-hydrogen) atoms. The Bertz CT molecular complexity index is 1610. The largest absolute Gasteiger partial charge is 0.379 e. The second-order valence-corrected chi connectivity index (χ2v) is 8.47. The zero-order valence-electron chi connectivity index (χ0n) is 17.0. The molecule has 0 bridgehead atoms. The number of hydrogen-bond acceptors (Lipinski definition) is 6. The van der Waals surface area contributed by atoms with Gasteiger partial charge in [-0.2, -0.15) is 8.42 Å². The molecule has 166 valence electrons. The van der Waals surface area contributed by atoms with Crippen LogP contribution in [0.4, 0.5) is 5.69 Å². The highest BCUT2D eigenvalue weighted by molar-refractivity contribution is 7.87. The predicted octanol–water partition coefficient (Wildman–Crippen LogP) is 2.08. The second-order valence-electron chi connectivity index (χ2n) is 6.96. The van der Waals surface area contributed by atoms with Crippen molar-refractivity contribution in [3.05, 3.63) is 115 Å². The van der Waals surface area contributed by atoms with Gasteiger partial charge in [-0.15, -0.1) is 0 Å².